The molecule has 4 rings (SSSR count). The van der Waals surface area contributed by atoms with Crippen LogP contribution in [-0.2, 0) is 6.54 Å². The fraction of sp³-hybridized carbons (Fsp3) is 0.273. The van der Waals surface area contributed by atoms with E-state index in [0.717, 1.165) is 30.8 Å². The van der Waals surface area contributed by atoms with Gasteiger partial charge in [0.2, 0.25) is 0 Å². The normalized spacial score (nSPS) is 17.7. The minimum absolute atomic E-state index is 0.0256. The molecule has 138 valence electrons. The zero-order valence-electron chi connectivity index (χ0n) is 15.1. The molecule has 1 aliphatic rings. The largest absolute Gasteiger partial charge is 0.348 e. The van der Waals surface area contributed by atoms with Crippen molar-refractivity contribution in [2.75, 3.05) is 13.1 Å². The van der Waals surface area contributed by atoms with Crippen molar-refractivity contribution < 1.29 is 9.18 Å². The molecule has 0 spiro atoms. The Kier molecular flexibility index (Phi) is 5.12. The third-order valence-corrected chi connectivity index (χ3v) is 5.14. The van der Waals surface area contributed by atoms with E-state index in [0.29, 0.717) is 24.2 Å². The van der Waals surface area contributed by atoms with Crippen molar-refractivity contribution in [1.82, 2.24) is 14.9 Å². The van der Waals surface area contributed by atoms with Gasteiger partial charge in [0.25, 0.3) is 0 Å². The van der Waals surface area contributed by atoms with E-state index in [1.54, 1.807) is 24.5 Å². The van der Waals surface area contributed by atoms with Gasteiger partial charge < -0.3 is 4.98 Å². The maximum atomic E-state index is 14.6. The Hall–Kier alpha value is -2.79. The number of rotatable bonds is 5. The number of hydrogen-bond acceptors (Lipinski definition) is 3. The van der Waals surface area contributed by atoms with Gasteiger partial charge in [-0.1, -0.05) is 42.5 Å². The highest BCUT2D eigenvalue weighted by atomic mass is 19.1. The molecule has 0 saturated carbocycles. The number of imidazole rings is 1. The molecular weight excluding hydrogens is 341 g/mol. The lowest BCUT2D eigenvalue weighted by molar-refractivity contribution is 0.0808. The molecule has 1 atom stereocenters. The van der Waals surface area contributed by atoms with E-state index in [9.17, 15) is 9.18 Å². The van der Waals surface area contributed by atoms with Gasteiger partial charge in [-0.05, 0) is 31.0 Å². The highest BCUT2D eigenvalue weighted by Crippen LogP contribution is 2.26. The first-order chi connectivity index (χ1) is 13.2. The van der Waals surface area contributed by atoms with E-state index < -0.39 is 0 Å². The number of benzene rings is 2. The van der Waals surface area contributed by atoms with Crippen LogP contribution in [0.3, 0.4) is 0 Å². The van der Waals surface area contributed by atoms with Gasteiger partial charge in [0.1, 0.15) is 11.6 Å². The average Bonchev–Trinajstić information content (AvgIpc) is 3.21. The molecule has 4 nitrogen and oxygen atoms in total. The second-order valence-corrected chi connectivity index (χ2v) is 7.04. The van der Waals surface area contributed by atoms with Crippen LogP contribution >= 0.6 is 0 Å². The molecule has 1 aromatic heterocycles. The number of aromatic nitrogens is 2. The van der Waals surface area contributed by atoms with Crippen LogP contribution in [0.1, 0.15) is 29.0 Å². The number of nitrogens with zero attached hydrogens (tertiary/aromatic N) is 2. The second kappa shape index (κ2) is 7.84. The SMILES string of the molecule is O=C(c1ccc(-c2ccccc2)c(F)c1)[C@@H]1CCCN(Cc2ncc[nH]2)C1. The standard InChI is InChI=1S/C22H22FN3O/c23-20-13-17(8-9-19(20)16-5-2-1-3-6-16)22(27)18-7-4-12-26(14-18)15-21-24-10-11-25-21/h1-3,5-6,8-11,13,18H,4,7,12,14-15H2,(H,24,25)/t18-/m1/s1. The molecule has 0 amide bonds. The molecule has 0 aliphatic carbocycles. The predicted octanol–water partition coefficient (Wildman–Crippen LogP) is 4.31. The molecule has 1 aliphatic heterocycles. The Morgan fingerprint density at radius 3 is 2.81 bits per heavy atom. The summed E-state index contributed by atoms with van der Waals surface area (Å²) in [6.45, 7) is 2.34. The van der Waals surface area contributed by atoms with Crippen LogP contribution in [0.15, 0.2) is 60.9 Å². The van der Waals surface area contributed by atoms with E-state index in [2.05, 4.69) is 14.9 Å². The second-order valence-electron chi connectivity index (χ2n) is 7.04. The van der Waals surface area contributed by atoms with Crippen molar-refractivity contribution in [3.05, 3.63) is 78.1 Å². The number of ketones is 1. The molecule has 1 saturated heterocycles. The van der Waals surface area contributed by atoms with Crippen LogP contribution in [0.25, 0.3) is 11.1 Å². The molecule has 2 heterocycles. The first-order valence-corrected chi connectivity index (χ1v) is 9.30. The molecule has 1 fully saturated rings. The molecule has 3 aromatic rings. The quantitative estimate of drug-likeness (QED) is 0.687. The van der Waals surface area contributed by atoms with Crippen LogP contribution in [-0.4, -0.2) is 33.7 Å². The Bertz CT molecular complexity index is 909. The molecule has 0 unspecified atom stereocenters. The van der Waals surface area contributed by atoms with Crippen molar-refractivity contribution in [3.8, 4) is 11.1 Å². The highest BCUT2D eigenvalue weighted by molar-refractivity contribution is 5.98. The van der Waals surface area contributed by atoms with Gasteiger partial charge in [-0.15, -0.1) is 0 Å². The van der Waals surface area contributed by atoms with E-state index >= 15 is 0 Å². The van der Waals surface area contributed by atoms with Crippen LogP contribution in [0.4, 0.5) is 4.39 Å². The molecule has 2 aromatic carbocycles. The van der Waals surface area contributed by atoms with Crippen LogP contribution in [0.2, 0.25) is 0 Å². The number of carbonyl (C=O) groups is 1. The van der Waals surface area contributed by atoms with Gasteiger partial charge >= 0.3 is 0 Å². The Morgan fingerprint density at radius 2 is 2.07 bits per heavy atom. The van der Waals surface area contributed by atoms with Gasteiger partial charge in [-0.2, -0.15) is 0 Å². The van der Waals surface area contributed by atoms with Crippen LogP contribution < -0.4 is 0 Å². The summed E-state index contributed by atoms with van der Waals surface area (Å²) < 4.78 is 14.6. The molecule has 0 radical (unpaired) electrons. The number of carbonyl (C=O) groups excluding carboxylic acids is 1. The third kappa shape index (κ3) is 3.98. The van der Waals surface area contributed by atoms with Crippen molar-refractivity contribution in [1.29, 1.82) is 0 Å². The number of Topliss-reactive ketones (excluding diaryl/α,β-unsaturated/α-hetero) is 1. The zero-order chi connectivity index (χ0) is 18.6. The zero-order valence-corrected chi connectivity index (χ0v) is 15.1. The van der Waals surface area contributed by atoms with Gasteiger partial charge in [0, 0.05) is 36.0 Å². The van der Waals surface area contributed by atoms with Gasteiger partial charge in [0.05, 0.1) is 6.54 Å². The lowest BCUT2D eigenvalue weighted by Gasteiger charge is -2.31. The van der Waals surface area contributed by atoms with Crippen molar-refractivity contribution in [2.45, 2.75) is 19.4 Å². The summed E-state index contributed by atoms with van der Waals surface area (Å²) in [5, 5.41) is 0. The predicted molar refractivity (Wildman–Crippen MR) is 103 cm³/mol. The third-order valence-electron chi connectivity index (χ3n) is 5.14. The maximum absolute atomic E-state index is 14.6. The monoisotopic (exact) mass is 363 g/mol. The summed E-state index contributed by atoms with van der Waals surface area (Å²) in [7, 11) is 0. The number of aromatic amines is 1. The number of H-pyrrole nitrogens is 1. The van der Waals surface area contributed by atoms with E-state index in [-0.39, 0.29) is 17.5 Å². The highest BCUT2D eigenvalue weighted by Gasteiger charge is 2.27. The smallest absolute Gasteiger partial charge is 0.167 e. The molecular formula is C22H22FN3O. The Labute approximate surface area is 158 Å². The van der Waals surface area contributed by atoms with Gasteiger partial charge in [-0.25, -0.2) is 9.37 Å². The van der Waals surface area contributed by atoms with Crippen molar-refractivity contribution in [3.63, 3.8) is 0 Å². The Balaban J connectivity index is 1.48. The molecule has 27 heavy (non-hydrogen) atoms. The minimum Gasteiger partial charge on any atom is -0.348 e. The summed E-state index contributed by atoms with van der Waals surface area (Å²) in [5.74, 6) is 0.477. The van der Waals surface area contributed by atoms with Gasteiger partial charge in [0.15, 0.2) is 5.78 Å². The topological polar surface area (TPSA) is 49.0 Å². The molecule has 1 N–H and O–H groups in total. The minimum atomic E-state index is -0.352. The summed E-state index contributed by atoms with van der Waals surface area (Å²) in [4.78, 5) is 22.5. The van der Waals surface area contributed by atoms with Gasteiger partial charge in [-0.3, -0.25) is 9.69 Å². The summed E-state index contributed by atoms with van der Waals surface area (Å²) in [6, 6.07) is 14.2. The lowest BCUT2D eigenvalue weighted by atomic mass is 9.89. The average molecular weight is 363 g/mol. The lowest BCUT2D eigenvalue weighted by Crippen LogP contribution is -2.38. The number of hydrogen-bond donors (Lipinski definition) is 1. The van der Waals surface area contributed by atoms with Crippen molar-refractivity contribution in [2.24, 2.45) is 5.92 Å². The van der Waals surface area contributed by atoms with Crippen LogP contribution in [0.5, 0.6) is 0 Å². The first-order valence-electron chi connectivity index (χ1n) is 9.30. The van der Waals surface area contributed by atoms with Crippen LogP contribution in [0, 0.1) is 11.7 Å². The number of halogens is 1. The van der Waals surface area contributed by atoms with E-state index in [1.165, 1.54) is 6.07 Å². The molecule has 5 heteroatoms. The summed E-state index contributed by atoms with van der Waals surface area (Å²) in [5.41, 5.74) is 1.79. The fourth-order valence-corrected chi connectivity index (χ4v) is 3.77. The first kappa shape index (κ1) is 17.6. The number of piperidine rings is 1. The number of nitrogens with one attached hydrogen (secondary N) is 1. The molecule has 0 bridgehead atoms. The maximum Gasteiger partial charge on any atom is 0.167 e. The Morgan fingerprint density at radius 1 is 1.22 bits per heavy atom. The van der Waals surface area contributed by atoms with E-state index in [1.807, 2.05) is 30.3 Å². The number of likely N-dealkylation sites (tertiary alicyclic amines) is 1. The van der Waals surface area contributed by atoms with E-state index in [4.69, 9.17) is 0 Å². The summed E-state index contributed by atoms with van der Waals surface area (Å²) in [6.07, 6.45) is 5.34. The summed E-state index contributed by atoms with van der Waals surface area (Å²) >= 11 is 0. The van der Waals surface area contributed by atoms with Crippen molar-refractivity contribution >= 4 is 5.78 Å². The fourth-order valence-electron chi connectivity index (χ4n) is 3.77.